The van der Waals surface area contributed by atoms with Gasteiger partial charge < -0.3 is 15.3 Å². The van der Waals surface area contributed by atoms with Gasteiger partial charge in [-0.3, -0.25) is 0 Å². The summed E-state index contributed by atoms with van der Waals surface area (Å²) < 4.78 is 0. The lowest BCUT2D eigenvalue weighted by Crippen LogP contribution is -2.49. The van der Waals surface area contributed by atoms with Crippen molar-refractivity contribution in [1.82, 2.24) is 10.2 Å². The summed E-state index contributed by atoms with van der Waals surface area (Å²) in [5, 5.41) is 13.1. The molecule has 0 aliphatic carbocycles. The van der Waals surface area contributed by atoms with Crippen LogP contribution in [0.2, 0.25) is 0 Å². The highest BCUT2D eigenvalue weighted by atomic mass is 16.3. The van der Waals surface area contributed by atoms with Crippen molar-refractivity contribution in [3.05, 3.63) is 0 Å². The predicted octanol–water partition coefficient (Wildman–Crippen LogP) is 3.81. The molecule has 2 N–H and O–H groups in total. The number of nitrogens with one attached hydrogen (secondary N) is 1. The van der Waals surface area contributed by atoms with Crippen LogP contribution in [0.15, 0.2) is 0 Å². The summed E-state index contributed by atoms with van der Waals surface area (Å²) in [6.45, 7) is 15.9. The third-order valence-corrected chi connectivity index (χ3v) is 4.42. The Morgan fingerprint density at radius 1 is 1.05 bits per heavy atom. The number of unbranched alkanes of at least 4 members (excludes halogenated alkanes) is 2. The minimum Gasteiger partial charge on any atom is -0.394 e. The summed E-state index contributed by atoms with van der Waals surface area (Å²) in [5.41, 5.74) is -0.126. The average molecular weight is 301 g/mol. The minimum atomic E-state index is -0.126. The van der Waals surface area contributed by atoms with Gasteiger partial charge in [0, 0.05) is 17.6 Å². The Balaban J connectivity index is 4.12. The van der Waals surface area contributed by atoms with E-state index in [0.717, 1.165) is 6.42 Å². The van der Waals surface area contributed by atoms with Gasteiger partial charge >= 0.3 is 0 Å². The van der Waals surface area contributed by atoms with E-state index in [1.54, 1.807) is 0 Å². The Labute approximate surface area is 133 Å². The van der Waals surface area contributed by atoms with E-state index in [0.29, 0.717) is 12.1 Å². The molecule has 0 saturated carbocycles. The van der Waals surface area contributed by atoms with Crippen molar-refractivity contribution in [2.45, 2.75) is 97.7 Å². The molecule has 0 saturated heterocycles. The molecule has 0 amide bonds. The van der Waals surface area contributed by atoms with Crippen LogP contribution in [0.3, 0.4) is 0 Å². The number of aliphatic hydroxyl groups is 1. The molecule has 0 aliphatic heterocycles. The minimum absolute atomic E-state index is 0.126. The molecule has 2 atom stereocenters. The monoisotopic (exact) mass is 300 g/mol. The van der Waals surface area contributed by atoms with Crippen molar-refractivity contribution in [2.75, 3.05) is 19.7 Å². The summed E-state index contributed by atoms with van der Waals surface area (Å²) in [6, 6.07) is 1.11. The summed E-state index contributed by atoms with van der Waals surface area (Å²) in [7, 11) is 0. The van der Waals surface area contributed by atoms with E-state index in [1.807, 2.05) is 0 Å². The molecule has 0 rings (SSSR count). The van der Waals surface area contributed by atoms with Gasteiger partial charge in [0.05, 0.1) is 6.61 Å². The Bertz CT molecular complexity index is 245. The van der Waals surface area contributed by atoms with Gasteiger partial charge in [-0.15, -0.1) is 0 Å². The van der Waals surface area contributed by atoms with Crippen molar-refractivity contribution in [3.8, 4) is 0 Å². The molecular formula is C18H40N2O. The molecule has 2 unspecified atom stereocenters. The third kappa shape index (κ3) is 9.49. The lowest BCUT2D eigenvalue weighted by atomic mass is 9.94. The first kappa shape index (κ1) is 20.9. The first-order valence-electron chi connectivity index (χ1n) is 9.01. The number of hydrogen-bond acceptors (Lipinski definition) is 3. The van der Waals surface area contributed by atoms with Crippen molar-refractivity contribution >= 4 is 0 Å². The van der Waals surface area contributed by atoms with Crippen LogP contribution in [-0.2, 0) is 0 Å². The molecule has 0 aromatic rings. The van der Waals surface area contributed by atoms with Crippen LogP contribution < -0.4 is 5.32 Å². The van der Waals surface area contributed by atoms with Gasteiger partial charge in [0.25, 0.3) is 0 Å². The molecule has 0 radical (unpaired) electrons. The Morgan fingerprint density at radius 3 is 2.14 bits per heavy atom. The topological polar surface area (TPSA) is 35.5 Å². The number of hydrogen-bond donors (Lipinski definition) is 2. The SMILES string of the molecule is CCCCN(CCCCC(C)(CO)NC(C)C)C(C)CC. The average Bonchev–Trinajstić information content (AvgIpc) is 2.45. The fourth-order valence-corrected chi connectivity index (χ4v) is 2.90. The van der Waals surface area contributed by atoms with Crippen LogP contribution in [0, 0.1) is 0 Å². The zero-order valence-corrected chi connectivity index (χ0v) is 15.4. The smallest absolute Gasteiger partial charge is 0.0610 e. The molecule has 0 spiro atoms. The quantitative estimate of drug-likeness (QED) is 0.508. The van der Waals surface area contributed by atoms with Gasteiger partial charge in [-0.05, 0) is 52.6 Å². The van der Waals surface area contributed by atoms with E-state index in [-0.39, 0.29) is 12.1 Å². The lowest BCUT2D eigenvalue weighted by Gasteiger charge is -2.32. The van der Waals surface area contributed by atoms with Crippen LogP contribution in [-0.4, -0.2) is 47.3 Å². The van der Waals surface area contributed by atoms with Gasteiger partial charge in [-0.2, -0.15) is 0 Å². The van der Waals surface area contributed by atoms with E-state index in [4.69, 9.17) is 0 Å². The van der Waals surface area contributed by atoms with Gasteiger partial charge in [0.1, 0.15) is 0 Å². The first-order valence-corrected chi connectivity index (χ1v) is 9.01. The summed E-state index contributed by atoms with van der Waals surface area (Å²) >= 11 is 0. The van der Waals surface area contributed by atoms with Crippen LogP contribution in [0.4, 0.5) is 0 Å². The number of rotatable bonds is 13. The molecule has 128 valence electrons. The maximum absolute atomic E-state index is 9.61. The predicted molar refractivity (Wildman–Crippen MR) is 93.8 cm³/mol. The Kier molecular flexibility index (Phi) is 11.4. The highest BCUT2D eigenvalue weighted by Gasteiger charge is 2.23. The second-order valence-corrected chi connectivity index (χ2v) is 7.12. The number of nitrogens with zero attached hydrogens (tertiary/aromatic N) is 1. The highest BCUT2D eigenvalue weighted by Crippen LogP contribution is 2.16. The van der Waals surface area contributed by atoms with E-state index in [2.05, 4.69) is 51.8 Å². The molecule has 0 aromatic heterocycles. The van der Waals surface area contributed by atoms with Crippen LogP contribution in [0.5, 0.6) is 0 Å². The molecule has 21 heavy (non-hydrogen) atoms. The fraction of sp³-hybridized carbons (Fsp3) is 1.00. The molecule has 0 bridgehead atoms. The van der Waals surface area contributed by atoms with Gasteiger partial charge in [0.15, 0.2) is 0 Å². The highest BCUT2D eigenvalue weighted by molar-refractivity contribution is 4.83. The van der Waals surface area contributed by atoms with Crippen LogP contribution >= 0.6 is 0 Å². The van der Waals surface area contributed by atoms with E-state index in [9.17, 15) is 5.11 Å². The standard InChI is InChI=1S/C18H40N2O/c1-7-9-13-20(17(5)8-2)14-11-10-12-18(6,15-21)19-16(3)4/h16-17,19,21H,7-15H2,1-6H3. The van der Waals surface area contributed by atoms with Gasteiger partial charge in [0.2, 0.25) is 0 Å². The molecule has 3 nitrogen and oxygen atoms in total. The Hall–Kier alpha value is -0.120. The van der Waals surface area contributed by atoms with E-state index < -0.39 is 0 Å². The summed E-state index contributed by atoms with van der Waals surface area (Å²) in [6.07, 6.45) is 7.25. The first-order chi connectivity index (χ1) is 9.88. The van der Waals surface area contributed by atoms with Crippen molar-refractivity contribution in [2.24, 2.45) is 0 Å². The second kappa shape index (κ2) is 11.4. The number of aliphatic hydroxyl groups excluding tert-OH is 1. The van der Waals surface area contributed by atoms with Crippen molar-refractivity contribution in [1.29, 1.82) is 0 Å². The molecule has 0 fully saturated rings. The zero-order chi connectivity index (χ0) is 16.3. The van der Waals surface area contributed by atoms with Gasteiger partial charge in [-0.1, -0.05) is 40.5 Å². The second-order valence-electron chi connectivity index (χ2n) is 7.12. The summed E-state index contributed by atoms with van der Waals surface area (Å²) in [4.78, 5) is 2.63. The van der Waals surface area contributed by atoms with Gasteiger partial charge in [-0.25, -0.2) is 0 Å². The largest absolute Gasteiger partial charge is 0.394 e. The van der Waals surface area contributed by atoms with Crippen molar-refractivity contribution < 1.29 is 5.11 Å². The fourth-order valence-electron chi connectivity index (χ4n) is 2.90. The Morgan fingerprint density at radius 2 is 1.67 bits per heavy atom. The van der Waals surface area contributed by atoms with E-state index in [1.165, 1.54) is 45.2 Å². The zero-order valence-electron chi connectivity index (χ0n) is 15.4. The molecular weight excluding hydrogens is 260 g/mol. The molecule has 0 aliphatic rings. The van der Waals surface area contributed by atoms with E-state index >= 15 is 0 Å². The molecule has 0 aromatic carbocycles. The normalized spacial score (nSPS) is 16.4. The lowest BCUT2D eigenvalue weighted by molar-refractivity contribution is 0.148. The maximum atomic E-state index is 9.61. The molecule has 3 heteroatoms. The maximum Gasteiger partial charge on any atom is 0.0610 e. The van der Waals surface area contributed by atoms with Crippen molar-refractivity contribution in [3.63, 3.8) is 0 Å². The van der Waals surface area contributed by atoms with Crippen LogP contribution in [0.1, 0.15) is 80.1 Å². The third-order valence-electron chi connectivity index (χ3n) is 4.42. The van der Waals surface area contributed by atoms with Crippen LogP contribution in [0.25, 0.3) is 0 Å². The summed E-state index contributed by atoms with van der Waals surface area (Å²) in [5.74, 6) is 0. The molecule has 0 heterocycles.